The van der Waals surface area contributed by atoms with Crippen molar-refractivity contribution in [3.05, 3.63) is 0 Å². The smallest absolute Gasteiger partial charge is 0.396 e. The Morgan fingerprint density at radius 2 is 0.686 bits per heavy atom. The molecule has 0 rings (SSSR count). The molecule has 4 N–H and O–H groups in total. The molecule has 212 valence electrons. The molecule has 0 aliphatic heterocycles. The molecule has 0 bridgehead atoms. The first-order valence-corrected chi connectivity index (χ1v) is 8.28. The summed E-state index contributed by atoms with van der Waals surface area (Å²) in [6.45, 7) is -5.36. The average Bonchev–Trinajstić information content (AvgIpc) is 2.67. The zero-order chi connectivity index (χ0) is 28.9. The van der Waals surface area contributed by atoms with Gasteiger partial charge in [-0.2, -0.15) is 74.6 Å². The topological polar surface area (TPSA) is 80.9 Å². The fourth-order valence-electron chi connectivity index (χ4n) is 2.25. The Morgan fingerprint density at radius 1 is 0.429 bits per heavy atom. The number of hydrogen-bond donors (Lipinski definition) is 4. The second-order valence-electron chi connectivity index (χ2n) is 7.21. The minimum absolute atomic E-state index is 1.79. The molecule has 35 heavy (non-hydrogen) atoms. The van der Waals surface area contributed by atoms with E-state index in [2.05, 4.69) is 0 Å². The molecular weight excluding hydrogens is 555 g/mol. The van der Waals surface area contributed by atoms with Crippen LogP contribution in [0.3, 0.4) is 0 Å². The number of aliphatic hydroxyl groups is 4. The van der Waals surface area contributed by atoms with Gasteiger partial charge < -0.3 is 20.4 Å². The molecule has 0 fully saturated rings. The summed E-state index contributed by atoms with van der Waals surface area (Å²) in [6, 6.07) is 0. The van der Waals surface area contributed by atoms with Crippen LogP contribution in [-0.4, -0.2) is 94.0 Å². The van der Waals surface area contributed by atoms with Crippen LogP contribution in [0.25, 0.3) is 0 Å². The highest BCUT2D eigenvalue weighted by molar-refractivity contribution is 5.15. The molecule has 0 saturated heterocycles. The molecule has 0 aliphatic rings. The van der Waals surface area contributed by atoms with Gasteiger partial charge >= 0.3 is 47.6 Å². The monoisotopic (exact) mass is 568 g/mol. The van der Waals surface area contributed by atoms with Crippen molar-refractivity contribution < 1.29 is 95.1 Å². The van der Waals surface area contributed by atoms with Gasteiger partial charge in [0.1, 0.15) is 0 Å². The molecule has 21 heteroatoms. The van der Waals surface area contributed by atoms with Crippen LogP contribution in [0.4, 0.5) is 74.6 Å². The molecule has 0 aliphatic carbocycles. The SMILES string of the molecule is OCC(CO)(CO)C(O)CC(F)(F)C(F)(F)C(F)(F)C(F)(F)C(F)(F)C(F)(F)C(F)(F)C(F)(F)F. The number of rotatable bonds is 12. The summed E-state index contributed by atoms with van der Waals surface area (Å²) in [6.07, 6.45) is -14.6. The van der Waals surface area contributed by atoms with Crippen LogP contribution < -0.4 is 0 Å². The lowest BCUT2D eigenvalue weighted by Crippen LogP contribution is -2.74. The van der Waals surface area contributed by atoms with E-state index in [1.807, 2.05) is 0 Å². The fourth-order valence-corrected chi connectivity index (χ4v) is 2.25. The summed E-state index contributed by atoms with van der Waals surface area (Å²) in [5, 5.41) is 35.9. The van der Waals surface area contributed by atoms with Crippen LogP contribution in [0.15, 0.2) is 0 Å². The summed E-state index contributed by atoms with van der Waals surface area (Å²) in [5.74, 6) is -57.9. The third-order valence-corrected chi connectivity index (χ3v) is 4.89. The Kier molecular flexibility index (Phi) is 8.84. The van der Waals surface area contributed by atoms with Crippen molar-refractivity contribution in [3.8, 4) is 0 Å². The van der Waals surface area contributed by atoms with Crippen molar-refractivity contribution in [2.24, 2.45) is 5.41 Å². The standard InChI is InChI=1S/C14H13F17O4/c15-7(16,1-5(35)6(2-32,3-33)4-34)8(17,18)9(19,20)10(21,22)11(23,24)12(25,26)13(27,28)14(29,30)31/h5,32-35H,1-4H2. The molecule has 0 spiro atoms. The molecule has 0 aromatic heterocycles. The quantitative estimate of drug-likeness (QED) is 0.271. The predicted octanol–water partition coefficient (Wildman–Crippen LogP) is 3.71. The summed E-state index contributed by atoms with van der Waals surface area (Å²) in [4.78, 5) is 0. The third kappa shape index (κ3) is 4.60. The van der Waals surface area contributed by atoms with E-state index in [0.717, 1.165) is 0 Å². The van der Waals surface area contributed by atoms with Gasteiger partial charge in [0.25, 0.3) is 0 Å². The first-order valence-electron chi connectivity index (χ1n) is 8.28. The third-order valence-electron chi connectivity index (χ3n) is 4.89. The number of alkyl halides is 17. The van der Waals surface area contributed by atoms with Gasteiger partial charge in [-0.15, -0.1) is 0 Å². The maximum Gasteiger partial charge on any atom is 0.460 e. The molecular formula is C14H13F17O4. The van der Waals surface area contributed by atoms with Gasteiger partial charge in [-0.25, -0.2) is 0 Å². The van der Waals surface area contributed by atoms with Gasteiger partial charge in [0.2, 0.25) is 0 Å². The molecule has 0 aromatic rings. The lowest BCUT2D eigenvalue weighted by Gasteiger charge is -2.43. The second kappa shape index (κ2) is 9.19. The number of hydrogen-bond acceptors (Lipinski definition) is 4. The lowest BCUT2D eigenvalue weighted by molar-refractivity contribution is -0.462. The predicted molar refractivity (Wildman–Crippen MR) is 75.0 cm³/mol. The average molecular weight is 568 g/mol. The second-order valence-corrected chi connectivity index (χ2v) is 7.21. The van der Waals surface area contributed by atoms with Crippen LogP contribution in [0.2, 0.25) is 0 Å². The van der Waals surface area contributed by atoms with E-state index in [4.69, 9.17) is 15.3 Å². The van der Waals surface area contributed by atoms with Gasteiger partial charge in [-0.1, -0.05) is 0 Å². The zero-order valence-corrected chi connectivity index (χ0v) is 16.1. The summed E-state index contributed by atoms with van der Waals surface area (Å²) in [7, 11) is 0. The first kappa shape index (κ1) is 33.7. The zero-order valence-electron chi connectivity index (χ0n) is 16.1. The van der Waals surface area contributed by atoms with Crippen LogP contribution in [0.5, 0.6) is 0 Å². The van der Waals surface area contributed by atoms with Gasteiger partial charge in [0.05, 0.1) is 31.3 Å². The summed E-state index contributed by atoms with van der Waals surface area (Å²) >= 11 is 0. The van der Waals surface area contributed by atoms with Crippen LogP contribution >= 0.6 is 0 Å². The van der Waals surface area contributed by atoms with Crippen molar-refractivity contribution in [1.82, 2.24) is 0 Å². The van der Waals surface area contributed by atoms with E-state index >= 15 is 0 Å². The minimum atomic E-state index is -8.77. The Labute approximate surface area is 181 Å². The molecule has 0 radical (unpaired) electrons. The van der Waals surface area contributed by atoms with Crippen molar-refractivity contribution in [1.29, 1.82) is 0 Å². The van der Waals surface area contributed by atoms with E-state index in [-0.39, 0.29) is 0 Å². The van der Waals surface area contributed by atoms with E-state index < -0.39 is 85.4 Å². The molecule has 0 heterocycles. The van der Waals surface area contributed by atoms with Crippen LogP contribution in [0, 0.1) is 5.41 Å². The normalized spacial score (nSPS) is 17.1. The maximum atomic E-state index is 13.8. The highest BCUT2D eigenvalue weighted by Crippen LogP contribution is 2.64. The molecule has 1 unspecified atom stereocenters. The van der Waals surface area contributed by atoms with E-state index in [0.29, 0.717) is 0 Å². The summed E-state index contributed by atoms with van der Waals surface area (Å²) in [5.41, 5.74) is -3.05. The maximum absolute atomic E-state index is 13.8. The Morgan fingerprint density at radius 3 is 0.943 bits per heavy atom. The molecule has 4 nitrogen and oxygen atoms in total. The van der Waals surface area contributed by atoms with Crippen molar-refractivity contribution in [2.45, 2.75) is 60.2 Å². The summed E-state index contributed by atoms with van der Waals surface area (Å²) < 4.78 is 224. The van der Waals surface area contributed by atoms with Gasteiger partial charge in [-0.05, 0) is 0 Å². The van der Waals surface area contributed by atoms with E-state index in [1.165, 1.54) is 0 Å². The first-order chi connectivity index (χ1) is 15.1. The van der Waals surface area contributed by atoms with Crippen molar-refractivity contribution >= 4 is 0 Å². The highest BCUT2D eigenvalue weighted by Gasteiger charge is 2.95. The van der Waals surface area contributed by atoms with Crippen molar-refractivity contribution in [2.75, 3.05) is 19.8 Å². The van der Waals surface area contributed by atoms with Crippen LogP contribution in [-0.2, 0) is 0 Å². The Hall–Kier alpha value is -1.35. The Bertz CT molecular complexity index is 721. The van der Waals surface area contributed by atoms with E-state index in [9.17, 15) is 79.7 Å². The molecule has 0 aromatic carbocycles. The van der Waals surface area contributed by atoms with Crippen molar-refractivity contribution in [3.63, 3.8) is 0 Å². The van der Waals surface area contributed by atoms with Crippen LogP contribution in [0.1, 0.15) is 6.42 Å². The highest BCUT2D eigenvalue weighted by atomic mass is 19.4. The van der Waals surface area contributed by atoms with Gasteiger partial charge in [0, 0.05) is 6.42 Å². The van der Waals surface area contributed by atoms with E-state index in [1.54, 1.807) is 0 Å². The minimum Gasteiger partial charge on any atom is -0.396 e. The van der Waals surface area contributed by atoms with Gasteiger partial charge in [0.15, 0.2) is 0 Å². The number of aliphatic hydroxyl groups excluding tert-OH is 4. The Balaban J connectivity index is 6.70. The molecule has 1 atom stereocenters. The molecule has 0 saturated carbocycles. The largest absolute Gasteiger partial charge is 0.460 e. The van der Waals surface area contributed by atoms with Gasteiger partial charge in [-0.3, -0.25) is 0 Å². The molecule has 0 amide bonds. The number of halogens is 17. The fraction of sp³-hybridized carbons (Fsp3) is 1.00. The lowest BCUT2D eigenvalue weighted by atomic mass is 9.79.